The lowest BCUT2D eigenvalue weighted by atomic mass is 9.93. The maximum absolute atomic E-state index is 14.9. The number of hydrogen-bond donors (Lipinski definition) is 2. The topological polar surface area (TPSA) is 158 Å². The van der Waals surface area contributed by atoms with Crippen LogP contribution in [-0.4, -0.2) is 60.7 Å². The Hall–Kier alpha value is -4.89. The first-order valence-corrected chi connectivity index (χ1v) is 17.8. The molecule has 270 valence electrons. The maximum atomic E-state index is 14.9. The van der Waals surface area contributed by atoms with Gasteiger partial charge in [0.2, 0.25) is 5.91 Å². The molecule has 0 radical (unpaired) electrons. The standard InChI is InChI=1S/C35H34ClF3N4O7S/c1-4-49-27-18-21(9-12-26(27)36)29(42-22-10-11-23-20(17-22)13-15-41-31(23)40)32(44)43-16-14-25(33(45)50-34(46)35(37,38)39)30(43)24-7-5-6-8-28(24)51(47,48)19(2)3/h5-13,15,17-19,25,29-30,42H,4,14,16H2,1-3H3,(H2,40,41). The molecule has 51 heavy (non-hydrogen) atoms. The number of pyridine rings is 1. The molecule has 1 fully saturated rings. The van der Waals surface area contributed by atoms with Crippen molar-refractivity contribution in [3.8, 4) is 5.75 Å². The van der Waals surface area contributed by atoms with Crippen LogP contribution in [0, 0.1) is 5.92 Å². The molecular weight excluding hydrogens is 713 g/mol. The summed E-state index contributed by atoms with van der Waals surface area (Å²) in [5, 5.41) is 3.92. The summed E-state index contributed by atoms with van der Waals surface area (Å²) in [5.74, 6) is -5.92. The van der Waals surface area contributed by atoms with Gasteiger partial charge < -0.3 is 25.4 Å². The monoisotopic (exact) mass is 746 g/mol. The fraction of sp³-hybridized carbons (Fsp3) is 0.314. The summed E-state index contributed by atoms with van der Waals surface area (Å²) in [7, 11) is -4.05. The van der Waals surface area contributed by atoms with Crippen molar-refractivity contribution in [3.63, 3.8) is 0 Å². The second-order valence-corrected chi connectivity index (χ2v) is 14.9. The molecule has 16 heteroatoms. The molecule has 11 nitrogen and oxygen atoms in total. The Morgan fingerprint density at radius 2 is 1.80 bits per heavy atom. The van der Waals surface area contributed by atoms with Gasteiger partial charge in [-0.3, -0.25) is 9.59 Å². The van der Waals surface area contributed by atoms with Gasteiger partial charge in [-0.05, 0) is 86.2 Å². The second kappa shape index (κ2) is 14.8. The average molecular weight is 747 g/mol. The molecule has 1 amide bonds. The Morgan fingerprint density at radius 1 is 1.08 bits per heavy atom. The van der Waals surface area contributed by atoms with Crippen LogP contribution in [0.3, 0.4) is 0 Å². The van der Waals surface area contributed by atoms with Gasteiger partial charge in [-0.2, -0.15) is 13.2 Å². The lowest BCUT2D eigenvalue weighted by Gasteiger charge is -2.33. The first-order chi connectivity index (χ1) is 24.0. The maximum Gasteiger partial charge on any atom is 0.491 e. The number of anilines is 2. The molecule has 3 unspecified atom stereocenters. The number of carbonyl (C=O) groups excluding carboxylic acids is 3. The normalized spacial score (nSPS) is 17.0. The van der Waals surface area contributed by atoms with Crippen LogP contribution < -0.4 is 15.8 Å². The van der Waals surface area contributed by atoms with Crippen molar-refractivity contribution >= 4 is 61.6 Å². The van der Waals surface area contributed by atoms with E-state index in [0.29, 0.717) is 27.8 Å². The predicted octanol–water partition coefficient (Wildman–Crippen LogP) is 6.43. The van der Waals surface area contributed by atoms with Crippen molar-refractivity contribution in [1.29, 1.82) is 0 Å². The number of carbonyl (C=O) groups is 3. The summed E-state index contributed by atoms with van der Waals surface area (Å²) in [6.07, 6.45) is -4.19. The van der Waals surface area contributed by atoms with Crippen molar-refractivity contribution in [1.82, 2.24) is 9.88 Å². The van der Waals surface area contributed by atoms with Gasteiger partial charge in [0.1, 0.15) is 17.6 Å². The second-order valence-electron chi connectivity index (χ2n) is 12.0. The van der Waals surface area contributed by atoms with E-state index in [1.807, 2.05) is 0 Å². The van der Waals surface area contributed by atoms with Gasteiger partial charge in [-0.25, -0.2) is 18.2 Å². The molecule has 1 saturated heterocycles. The zero-order valence-corrected chi connectivity index (χ0v) is 29.2. The van der Waals surface area contributed by atoms with Crippen molar-refractivity contribution in [3.05, 3.63) is 89.1 Å². The van der Waals surface area contributed by atoms with Crippen molar-refractivity contribution in [2.45, 2.75) is 55.6 Å². The summed E-state index contributed by atoms with van der Waals surface area (Å²) in [6.45, 7) is 4.69. The van der Waals surface area contributed by atoms with Crippen molar-refractivity contribution in [2.75, 3.05) is 24.2 Å². The van der Waals surface area contributed by atoms with E-state index in [1.54, 1.807) is 43.3 Å². The molecule has 1 aromatic heterocycles. The predicted molar refractivity (Wildman–Crippen MR) is 184 cm³/mol. The molecule has 1 aliphatic heterocycles. The van der Waals surface area contributed by atoms with Crippen LogP contribution in [0.25, 0.3) is 10.8 Å². The summed E-state index contributed by atoms with van der Waals surface area (Å²) in [5.41, 5.74) is 6.84. The number of nitrogens with zero attached hydrogens (tertiary/aromatic N) is 2. The van der Waals surface area contributed by atoms with Gasteiger partial charge in [-0.1, -0.05) is 35.9 Å². The number of sulfone groups is 1. The zero-order chi connectivity index (χ0) is 37.2. The quantitative estimate of drug-likeness (QED) is 0.137. The molecule has 3 atom stereocenters. The third-order valence-electron chi connectivity index (χ3n) is 8.51. The Morgan fingerprint density at radius 3 is 2.49 bits per heavy atom. The van der Waals surface area contributed by atoms with Crippen LogP contribution >= 0.6 is 11.6 Å². The van der Waals surface area contributed by atoms with Crippen molar-refractivity contribution < 1.29 is 45.4 Å². The Balaban J connectivity index is 1.65. The fourth-order valence-electron chi connectivity index (χ4n) is 6.01. The number of alkyl halides is 3. The third-order valence-corrected chi connectivity index (χ3v) is 11.1. The molecule has 0 bridgehead atoms. The number of benzene rings is 3. The molecule has 4 aromatic rings. The first-order valence-electron chi connectivity index (χ1n) is 15.8. The molecule has 5 rings (SSSR count). The van der Waals surface area contributed by atoms with E-state index < -0.39 is 57.1 Å². The average Bonchev–Trinajstić information content (AvgIpc) is 3.53. The smallest absolute Gasteiger partial charge is 0.491 e. The minimum atomic E-state index is -5.47. The van der Waals surface area contributed by atoms with E-state index in [-0.39, 0.29) is 40.8 Å². The summed E-state index contributed by atoms with van der Waals surface area (Å²) in [6, 6.07) is 14.5. The lowest BCUT2D eigenvalue weighted by molar-refractivity contribution is -0.203. The van der Waals surface area contributed by atoms with E-state index in [4.69, 9.17) is 22.1 Å². The summed E-state index contributed by atoms with van der Waals surface area (Å²) >= 11 is 6.37. The van der Waals surface area contributed by atoms with Gasteiger partial charge in [0.15, 0.2) is 9.84 Å². The minimum Gasteiger partial charge on any atom is -0.492 e. The number of likely N-dealkylation sites (tertiary alicyclic amines) is 1. The van der Waals surface area contributed by atoms with Gasteiger partial charge in [0.25, 0.3) is 0 Å². The van der Waals surface area contributed by atoms with Gasteiger partial charge in [0.05, 0.1) is 33.7 Å². The van der Waals surface area contributed by atoms with Crippen LogP contribution in [0.15, 0.2) is 77.8 Å². The molecular formula is C35H34ClF3N4O7S. The number of nitrogens with one attached hydrogen (secondary N) is 1. The van der Waals surface area contributed by atoms with Crippen LogP contribution in [0.5, 0.6) is 5.75 Å². The number of rotatable bonds is 10. The van der Waals surface area contributed by atoms with E-state index in [1.165, 1.54) is 55.3 Å². The van der Waals surface area contributed by atoms with E-state index in [2.05, 4.69) is 15.0 Å². The van der Waals surface area contributed by atoms with E-state index in [0.717, 1.165) is 0 Å². The Kier molecular flexibility index (Phi) is 10.8. The zero-order valence-electron chi connectivity index (χ0n) is 27.6. The minimum absolute atomic E-state index is 0.0167. The number of nitrogens with two attached hydrogens (primary N) is 1. The lowest BCUT2D eigenvalue weighted by Crippen LogP contribution is -2.40. The highest BCUT2D eigenvalue weighted by Crippen LogP contribution is 2.44. The molecule has 2 heterocycles. The summed E-state index contributed by atoms with van der Waals surface area (Å²) in [4.78, 5) is 45.0. The number of amides is 1. The van der Waals surface area contributed by atoms with Gasteiger partial charge in [0, 0.05) is 23.8 Å². The summed E-state index contributed by atoms with van der Waals surface area (Å²) < 4.78 is 76.5. The number of fused-ring (bicyclic) bond motifs is 1. The first kappa shape index (κ1) is 37.4. The number of halogens is 4. The SMILES string of the molecule is CCOc1cc(C(Nc2ccc3c(N)nccc3c2)C(=O)N2CCC(C(=O)OC(=O)C(F)(F)F)C2c2ccccc2S(=O)(=O)C(C)C)ccc1Cl. The van der Waals surface area contributed by atoms with Crippen LogP contribution in [0.1, 0.15) is 50.4 Å². The molecule has 1 aliphatic rings. The molecule has 0 saturated carbocycles. The van der Waals surface area contributed by atoms with Crippen molar-refractivity contribution in [2.24, 2.45) is 5.92 Å². The number of esters is 2. The Labute approximate surface area is 296 Å². The number of ether oxygens (including phenoxy) is 2. The number of hydrogen-bond acceptors (Lipinski definition) is 10. The third kappa shape index (κ3) is 7.73. The molecule has 0 aliphatic carbocycles. The number of aromatic nitrogens is 1. The highest BCUT2D eigenvalue weighted by Gasteiger charge is 2.49. The van der Waals surface area contributed by atoms with Crippen LogP contribution in [0.2, 0.25) is 5.02 Å². The van der Waals surface area contributed by atoms with E-state index >= 15 is 0 Å². The van der Waals surface area contributed by atoms with E-state index in [9.17, 15) is 36.0 Å². The molecule has 3 aromatic carbocycles. The van der Waals surface area contributed by atoms with Gasteiger partial charge in [-0.15, -0.1) is 0 Å². The molecule has 3 N–H and O–H groups in total. The number of nitrogen functional groups attached to an aromatic ring is 1. The fourth-order valence-corrected chi connectivity index (χ4v) is 7.48. The Bertz CT molecular complexity index is 2100. The highest BCUT2D eigenvalue weighted by atomic mass is 35.5. The van der Waals surface area contributed by atoms with Crippen LogP contribution in [-0.2, 0) is 29.0 Å². The van der Waals surface area contributed by atoms with Crippen LogP contribution in [0.4, 0.5) is 24.7 Å². The van der Waals surface area contributed by atoms with Gasteiger partial charge >= 0.3 is 18.1 Å². The highest BCUT2D eigenvalue weighted by molar-refractivity contribution is 7.92. The molecule has 0 spiro atoms. The largest absolute Gasteiger partial charge is 0.492 e.